The highest BCUT2D eigenvalue weighted by Gasteiger charge is 2.17. The van der Waals surface area contributed by atoms with Crippen LogP contribution in [0.3, 0.4) is 0 Å². The number of amides is 1. The van der Waals surface area contributed by atoms with Gasteiger partial charge in [0.2, 0.25) is 0 Å². The smallest absolute Gasteiger partial charge is 0.259 e. The fourth-order valence-corrected chi connectivity index (χ4v) is 2.41. The molecule has 0 heterocycles. The van der Waals surface area contributed by atoms with E-state index in [1.165, 1.54) is 27.4 Å². The molecule has 0 aliphatic heterocycles. The van der Waals surface area contributed by atoms with Crippen molar-refractivity contribution in [2.24, 2.45) is 0 Å². The molecule has 2 aromatic rings. The van der Waals surface area contributed by atoms with E-state index < -0.39 is 5.91 Å². The first-order chi connectivity index (χ1) is 11.0. The summed E-state index contributed by atoms with van der Waals surface area (Å²) in [5.74, 6) is 0.838. The first kappa shape index (κ1) is 17.2. The molecule has 0 aromatic heterocycles. The van der Waals surface area contributed by atoms with E-state index in [4.69, 9.17) is 37.4 Å². The highest BCUT2D eigenvalue weighted by molar-refractivity contribution is 6.32. The second-order valence-electron chi connectivity index (χ2n) is 4.49. The van der Waals surface area contributed by atoms with Gasteiger partial charge in [-0.3, -0.25) is 4.79 Å². The molecule has 122 valence electrons. The lowest BCUT2D eigenvalue weighted by atomic mass is 10.1. The number of methoxy groups -OCH3 is 3. The number of ether oxygens (including phenoxy) is 3. The van der Waals surface area contributed by atoms with Crippen molar-refractivity contribution in [2.45, 2.75) is 0 Å². The van der Waals surface area contributed by atoms with E-state index in [1.54, 1.807) is 24.3 Å². The zero-order valence-electron chi connectivity index (χ0n) is 12.8. The summed E-state index contributed by atoms with van der Waals surface area (Å²) in [5, 5.41) is 3.55. The Kier molecular flexibility index (Phi) is 5.58. The van der Waals surface area contributed by atoms with Crippen molar-refractivity contribution in [3.8, 4) is 17.2 Å². The Hall–Kier alpha value is -2.11. The molecule has 7 heteroatoms. The summed E-state index contributed by atoms with van der Waals surface area (Å²) >= 11 is 12.0. The predicted molar refractivity (Wildman–Crippen MR) is 90.5 cm³/mol. The molecule has 0 atom stereocenters. The molecule has 2 rings (SSSR count). The van der Waals surface area contributed by atoms with Gasteiger partial charge in [0.1, 0.15) is 17.2 Å². The molecule has 0 saturated carbocycles. The Labute approximate surface area is 144 Å². The molecule has 0 fully saturated rings. The zero-order chi connectivity index (χ0) is 17.0. The second kappa shape index (κ2) is 7.44. The number of carbonyl (C=O) groups is 1. The van der Waals surface area contributed by atoms with Crippen LogP contribution in [0.15, 0.2) is 30.3 Å². The second-order valence-corrected chi connectivity index (χ2v) is 5.33. The standard InChI is InChI=1S/C16H15Cl2NO4/c1-21-13-5-4-9(17)6-10(13)16(20)19-12-8-14(22-2)11(18)7-15(12)23-3/h4-8H,1-3H3,(H,19,20). The van der Waals surface area contributed by atoms with E-state index in [0.29, 0.717) is 38.5 Å². The van der Waals surface area contributed by atoms with Gasteiger partial charge in [-0.15, -0.1) is 0 Å². The summed E-state index contributed by atoms with van der Waals surface area (Å²) in [5.41, 5.74) is 0.719. The molecule has 0 spiro atoms. The molecule has 1 N–H and O–H groups in total. The van der Waals surface area contributed by atoms with Crippen molar-refractivity contribution in [1.29, 1.82) is 0 Å². The Morgan fingerprint density at radius 2 is 1.57 bits per heavy atom. The van der Waals surface area contributed by atoms with Crippen LogP contribution in [0.25, 0.3) is 0 Å². The summed E-state index contributed by atoms with van der Waals surface area (Å²) < 4.78 is 15.6. The number of hydrogen-bond acceptors (Lipinski definition) is 4. The van der Waals surface area contributed by atoms with Gasteiger partial charge in [0.15, 0.2) is 0 Å². The monoisotopic (exact) mass is 355 g/mol. The van der Waals surface area contributed by atoms with Gasteiger partial charge in [0, 0.05) is 17.2 Å². The van der Waals surface area contributed by atoms with Gasteiger partial charge in [-0.05, 0) is 18.2 Å². The van der Waals surface area contributed by atoms with Gasteiger partial charge >= 0.3 is 0 Å². The number of benzene rings is 2. The van der Waals surface area contributed by atoms with Crippen LogP contribution in [0.2, 0.25) is 10.0 Å². The first-order valence-corrected chi connectivity index (χ1v) is 7.32. The normalized spacial score (nSPS) is 10.1. The van der Waals surface area contributed by atoms with E-state index in [9.17, 15) is 4.79 Å². The Morgan fingerprint density at radius 3 is 2.17 bits per heavy atom. The van der Waals surface area contributed by atoms with Gasteiger partial charge in [-0.1, -0.05) is 23.2 Å². The first-order valence-electron chi connectivity index (χ1n) is 6.56. The minimum atomic E-state index is -0.396. The molecule has 0 radical (unpaired) electrons. The van der Waals surface area contributed by atoms with Gasteiger partial charge in [0.05, 0.1) is 37.6 Å². The van der Waals surface area contributed by atoms with E-state index >= 15 is 0 Å². The minimum Gasteiger partial charge on any atom is -0.496 e. The van der Waals surface area contributed by atoms with Crippen molar-refractivity contribution in [2.75, 3.05) is 26.6 Å². The van der Waals surface area contributed by atoms with Crippen molar-refractivity contribution < 1.29 is 19.0 Å². The van der Waals surface area contributed by atoms with Crippen LogP contribution in [0.1, 0.15) is 10.4 Å². The third-order valence-electron chi connectivity index (χ3n) is 3.13. The molecule has 0 aliphatic rings. The Balaban J connectivity index is 2.39. The van der Waals surface area contributed by atoms with Crippen LogP contribution in [0.5, 0.6) is 17.2 Å². The molecule has 0 unspecified atom stereocenters. The fourth-order valence-electron chi connectivity index (χ4n) is 2.01. The van der Waals surface area contributed by atoms with Crippen LogP contribution in [-0.4, -0.2) is 27.2 Å². The molecule has 23 heavy (non-hydrogen) atoms. The van der Waals surface area contributed by atoms with Gasteiger partial charge in [0.25, 0.3) is 5.91 Å². The number of nitrogens with one attached hydrogen (secondary N) is 1. The zero-order valence-corrected chi connectivity index (χ0v) is 14.3. The van der Waals surface area contributed by atoms with E-state index in [2.05, 4.69) is 5.32 Å². The maximum absolute atomic E-state index is 12.5. The summed E-state index contributed by atoms with van der Waals surface area (Å²) in [6.07, 6.45) is 0. The minimum absolute atomic E-state index is 0.302. The highest BCUT2D eigenvalue weighted by Crippen LogP contribution is 2.36. The molecule has 0 saturated heterocycles. The molecular weight excluding hydrogens is 341 g/mol. The summed E-state index contributed by atoms with van der Waals surface area (Å²) in [6.45, 7) is 0. The van der Waals surface area contributed by atoms with Crippen molar-refractivity contribution in [3.05, 3.63) is 45.9 Å². The molecule has 0 bridgehead atoms. The van der Waals surface area contributed by atoms with Crippen molar-refractivity contribution in [3.63, 3.8) is 0 Å². The molecule has 5 nitrogen and oxygen atoms in total. The lowest BCUT2D eigenvalue weighted by Crippen LogP contribution is -2.14. The Bertz CT molecular complexity index is 734. The van der Waals surface area contributed by atoms with Crippen LogP contribution in [0.4, 0.5) is 5.69 Å². The lowest BCUT2D eigenvalue weighted by Gasteiger charge is -2.14. The number of carbonyl (C=O) groups excluding carboxylic acids is 1. The van der Waals surface area contributed by atoms with E-state index in [0.717, 1.165) is 0 Å². The highest BCUT2D eigenvalue weighted by atomic mass is 35.5. The maximum atomic E-state index is 12.5. The average Bonchev–Trinajstić information content (AvgIpc) is 2.55. The van der Waals surface area contributed by atoms with Crippen molar-refractivity contribution in [1.82, 2.24) is 0 Å². The topological polar surface area (TPSA) is 56.8 Å². The number of rotatable bonds is 5. The largest absolute Gasteiger partial charge is 0.496 e. The molecule has 1 amide bonds. The Morgan fingerprint density at radius 1 is 0.913 bits per heavy atom. The quantitative estimate of drug-likeness (QED) is 0.869. The molecule has 0 aliphatic carbocycles. The SMILES string of the molecule is COc1cc(NC(=O)c2cc(Cl)ccc2OC)c(OC)cc1Cl. The van der Waals surface area contributed by atoms with Crippen LogP contribution in [-0.2, 0) is 0 Å². The summed E-state index contributed by atoms with van der Waals surface area (Å²) in [7, 11) is 4.44. The summed E-state index contributed by atoms with van der Waals surface area (Å²) in [6, 6.07) is 7.93. The van der Waals surface area contributed by atoms with Gasteiger partial charge < -0.3 is 19.5 Å². The van der Waals surface area contributed by atoms with E-state index in [1.807, 2.05) is 0 Å². The van der Waals surface area contributed by atoms with Gasteiger partial charge in [-0.25, -0.2) is 0 Å². The predicted octanol–water partition coefficient (Wildman–Crippen LogP) is 4.27. The third-order valence-corrected chi connectivity index (χ3v) is 3.66. The van der Waals surface area contributed by atoms with E-state index in [-0.39, 0.29) is 0 Å². The van der Waals surface area contributed by atoms with Crippen LogP contribution >= 0.6 is 23.2 Å². The average molecular weight is 356 g/mol. The van der Waals surface area contributed by atoms with Crippen molar-refractivity contribution >= 4 is 34.8 Å². The number of hydrogen-bond donors (Lipinski definition) is 1. The fraction of sp³-hybridized carbons (Fsp3) is 0.188. The van der Waals surface area contributed by atoms with Crippen LogP contribution in [0, 0.1) is 0 Å². The lowest BCUT2D eigenvalue weighted by molar-refractivity contribution is 0.102. The number of anilines is 1. The summed E-state index contributed by atoms with van der Waals surface area (Å²) in [4.78, 5) is 12.5. The molecule has 2 aromatic carbocycles. The van der Waals surface area contributed by atoms with Crippen LogP contribution < -0.4 is 19.5 Å². The number of halogens is 2. The third kappa shape index (κ3) is 3.81. The molecular formula is C16H15Cl2NO4. The van der Waals surface area contributed by atoms with Gasteiger partial charge in [-0.2, -0.15) is 0 Å². The maximum Gasteiger partial charge on any atom is 0.259 e.